The third kappa shape index (κ3) is 4.38. The molecule has 4 rings (SSSR count). The van der Waals surface area contributed by atoms with Crippen LogP contribution in [0.4, 0.5) is 5.69 Å². The fourth-order valence-electron chi connectivity index (χ4n) is 4.10. The van der Waals surface area contributed by atoms with E-state index in [1.165, 1.54) is 11.4 Å². The van der Waals surface area contributed by atoms with Gasteiger partial charge in [0.05, 0.1) is 18.0 Å². The van der Waals surface area contributed by atoms with Gasteiger partial charge < -0.3 is 15.5 Å². The molecule has 0 spiro atoms. The van der Waals surface area contributed by atoms with Crippen molar-refractivity contribution >= 4 is 23.2 Å². The number of para-hydroxylation sites is 1. The van der Waals surface area contributed by atoms with Gasteiger partial charge in [0.15, 0.2) is 0 Å². The Bertz CT molecular complexity index is 891. The van der Waals surface area contributed by atoms with Gasteiger partial charge in [0.25, 0.3) is 5.91 Å². The predicted octanol–water partition coefficient (Wildman–Crippen LogP) is 2.04. The Morgan fingerprint density at radius 2 is 1.90 bits per heavy atom. The van der Waals surface area contributed by atoms with Crippen molar-refractivity contribution < 1.29 is 14.0 Å². The van der Waals surface area contributed by atoms with E-state index in [-0.39, 0.29) is 18.4 Å². The summed E-state index contributed by atoms with van der Waals surface area (Å²) in [4.78, 5) is 27.2. The number of primary amides is 1. The smallest absolute Gasteiger partial charge is 0.267 e. The third-order valence-corrected chi connectivity index (χ3v) is 5.68. The van der Waals surface area contributed by atoms with Crippen LogP contribution in [0.25, 0.3) is 0 Å². The maximum atomic E-state index is 12.9. The van der Waals surface area contributed by atoms with E-state index < -0.39 is 11.9 Å². The van der Waals surface area contributed by atoms with E-state index in [0.29, 0.717) is 12.3 Å². The molecular weight excluding hydrogens is 382 g/mol. The molecule has 8 heteroatoms. The molecule has 1 saturated heterocycles. The van der Waals surface area contributed by atoms with E-state index in [1.807, 2.05) is 42.5 Å². The van der Waals surface area contributed by atoms with Crippen LogP contribution in [0.5, 0.6) is 0 Å². The molecule has 2 aromatic rings. The molecule has 30 heavy (non-hydrogen) atoms. The average molecular weight is 409 g/mol. The van der Waals surface area contributed by atoms with Gasteiger partial charge in [-0.1, -0.05) is 24.6 Å². The Kier molecular flexibility index (Phi) is 6.13. The van der Waals surface area contributed by atoms with Gasteiger partial charge in [0.1, 0.15) is 17.5 Å². The van der Waals surface area contributed by atoms with Gasteiger partial charge in [0.2, 0.25) is 5.91 Å². The number of benzene rings is 1. The lowest BCUT2D eigenvalue weighted by molar-refractivity contribution is -0.119. The normalized spacial score (nSPS) is 20.6. The first-order valence-electron chi connectivity index (χ1n) is 10.4. The molecule has 158 valence electrons. The van der Waals surface area contributed by atoms with Crippen LogP contribution in [-0.2, 0) is 9.59 Å². The van der Waals surface area contributed by atoms with Crippen molar-refractivity contribution in [2.45, 2.75) is 37.8 Å². The summed E-state index contributed by atoms with van der Waals surface area (Å²) in [5.74, 6) is 0.0481. The molecule has 2 aliphatic rings. The van der Waals surface area contributed by atoms with E-state index in [0.717, 1.165) is 37.4 Å². The molecule has 2 aliphatic heterocycles. The first kappa shape index (κ1) is 20.2. The summed E-state index contributed by atoms with van der Waals surface area (Å²) >= 11 is 0. The van der Waals surface area contributed by atoms with Crippen molar-refractivity contribution in [3.8, 4) is 0 Å². The zero-order valence-electron chi connectivity index (χ0n) is 16.9. The van der Waals surface area contributed by atoms with Crippen molar-refractivity contribution in [1.82, 2.24) is 10.2 Å². The Morgan fingerprint density at radius 1 is 1.13 bits per heavy atom. The number of amides is 2. The zero-order valence-corrected chi connectivity index (χ0v) is 16.9. The van der Waals surface area contributed by atoms with Gasteiger partial charge in [-0.25, -0.2) is 0 Å². The molecule has 0 bridgehead atoms. The minimum absolute atomic E-state index is 0.0246. The molecule has 8 nitrogen and oxygen atoms in total. The summed E-state index contributed by atoms with van der Waals surface area (Å²) in [5, 5.41) is 8.94. The minimum atomic E-state index is -0.670. The standard InChI is InChI=1S/C22H27N5O3/c23-21(28)18-14-17(25-27(18)16-8-3-1-4-9-16)22(29)24-15-19(20-10-7-13-30-20)26-11-5-2-6-12-26/h1,3-4,7-10,13,18-19H,2,5-6,11-12,14-15H2,(H2,23,28)(H,24,29). The number of hydrogen-bond donors (Lipinski definition) is 2. The number of carbonyl (C=O) groups excluding carboxylic acids is 2. The monoisotopic (exact) mass is 409 g/mol. The number of hydrazone groups is 1. The number of carbonyl (C=O) groups is 2. The molecule has 0 radical (unpaired) electrons. The Balaban J connectivity index is 1.46. The summed E-state index contributed by atoms with van der Waals surface area (Å²) in [6.45, 7) is 2.37. The molecule has 1 aromatic heterocycles. The first-order chi connectivity index (χ1) is 14.6. The first-order valence-corrected chi connectivity index (χ1v) is 10.4. The number of furan rings is 1. The van der Waals surface area contributed by atoms with E-state index in [9.17, 15) is 9.59 Å². The average Bonchev–Trinajstić information content (AvgIpc) is 3.46. The highest BCUT2D eigenvalue weighted by Crippen LogP contribution is 2.26. The second kappa shape index (κ2) is 9.13. The van der Waals surface area contributed by atoms with Crippen molar-refractivity contribution in [2.75, 3.05) is 24.6 Å². The van der Waals surface area contributed by atoms with E-state index >= 15 is 0 Å². The highest BCUT2D eigenvalue weighted by Gasteiger charge is 2.35. The lowest BCUT2D eigenvalue weighted by Crippen LogP contribution is -2.42. The maximum Gasteiger partial charge on any atom is 0.267 e. The van der Waals surface area contributed by atoms with Gasteiger partial charge in [0, 0.05) is 13.0 Å². The molecule has 0 saturated carbocycles. The van der Waals surface area contributed by atoms with Crippen LogP contribution < -0.4 is 16.1 Å². The van der Waals surface area contributed by atoms with Crippen molar-refractivity contribution in [2.24, 2.45) is 10.8 Å². The quantitative estimate of drug-likeness (QED) is 0.728. The lowest BCUT2D eigenvalue weighted by Gasteiger charge is -2.33. The molecule has 2 unspecified atom stereocenters. The molecule has 2 atom stereocenters. The predicted molar refractivity (Wildman–Crippen MR) is 114 cm³/mol. The van der Waals surface area contributed by atoms with Gasteiger partial charge in [-0.3, -0.25) is 19.5 Å². The number of nitrogens with zero attached hydrogens (tertiary/aromatic N) is 3. The SMILES string of the molecule is NC(=O)C1CC(C(=O)NCC(c2ccco2)N2CCCCC2)=NN1c1ccccc1. The van der Waals surface area contributed by atoms with E-state index in [2.05, 4.69) is 15.3 Å². The van der Waals surface area contributed by atoms with Gasteiger partial charge in [-0.2, -0.15) is 5.10 Å². The van der Waals surface area contributed by atoms with Crippen LogP contribution in [-0.4, -0.2) is 48.1 Å². The van der Waals surface area contributed by atoms with E-state index in [4.69, 9.17) is 10.2 Å². The molecule has 3 heterocycles. The lowest BCUT2D eigenvalue weighted by atomic mass is 10.1. The van der Waals surface area contributed by atoms with Crippen LogP contribution in [0.3, 0.4) is 0 Å². The number of likely N-dealkylation sites (tertiary alicyclic amines) is 1. The Labute approximate surface area is 175 Å². The third-order valence-electron chi connectivity index (χ3n) is 5.68. The van der Waals surface area contributed by atoms with Crippen molar-refractivity contribution in [3.63, 3.8) is 0 Å². The Hall–Kier alpha value is -3.13. The van der Waals surface area contributed by atoms with E-state index in [1.54, 1.807) is 6.26 Å². The number of hydrogen-bond acceptors (Lipinski definition) is 6. The highest BCUT2D eigenvalue weighted by molar-refractivity contribution is 6.40. The van der Waals surface area contributed by atoms with Crippen LogP contribution in [0, 0.1) is 0 Å². The molecular formula is C22H27N5O3. The summed E-state index contributed by atoms with van der Waals surface area (Å²) in [6, 6.07) is 12.4. The fraction of sp³-hybridized carbons (Fsp3) is 0.409. The summed E-state index contributed by atoms with van der Waals surface area (Å²) in [5.41, 5.74) is 6.60. The number of nitrogens with one attached hydrogen (secondary N) is 1. The number of rotatable bonds is 7. The minimum Gasteiger partial charge on any atom is -0.468 e. The van der Waals surface area contributed by atoms with Crippen LogP contribution in [0.15, 0.2) is 58.2 Å². The van der Waals surface area contributed by atoms with Crippen LogP contribution >= 0.6 is 0 Å². The number of piperidine rings is 1. The van der Waals surface area contributed by atoms with Crippen LogP contribution in [0.2, 0.25) is 0 Å². The number of anilines is 1. The zero-order chi connectivity index (χ0) is 20.9. The highest BCUT2D eigenvalue weighted by atomic mass is 16.3. The summed E-state index contributed by atoms with van der Waals surface area (Å²) < 4.78 is 5.64. The largest absolute Gasteiger partial charge is 0.468 e. The van der Waals surface area contributed by atoms with Crippen molar-refractivity contribution in [1.29, 1.82) is 0 Å². The second-order valence-corrected chi connectivity index (χ2v) is 7.69. The second-order valence-electron chi connectivity index (χ2n) is 7.69. The molecule has 1 fully saturated rings. The molecule has 1 aromatic carbocycles. The van der Waals surface area contributed by atoms with Crippen molar-refractivity contribution in [3.05, 3.63) is 54.5 Å². The van der Waals surface area contributed by atoms with Crippen LogP contribution in [0.1, 0.15) is 37.5 Å². The topological polar surface area (TPSA) is 104 Å². The maximum absolute atomic E-state index is 12.9. The van der Waals surface area contributed by atoms with Gasteiger partial charge in [-0.05, 0) is 50.2 Å². The van der Waals surface area contributed by atoms with Gasteiger partial charge in [-0.15, -0.1) is 0 Å². The van der Waals surface area contributed by atoms with Gasteiger partial charge >= 0.3 is 0 Å². The summed E-state index contributed by atoms with van der Waals surface area (Å²) in [6.07, 6.45) is 5.36. The number of nitrogens with two attached hydrogens (primary N) is 1. The molecule has 2 amide bonds. The molecule has 3 N–H and O–H groups in total. The fourth-order valence-corrected chi connectivity index (χ4v) is 4.10. The Morgan fingerprint density at radius 3 is 2.57 bits per heavy atom. The molecule has 0 aliphatic carbocycles. The summed E-state index contributed by atoms with van der Waals surface area (Å²) in [7, 11) is 0.